The van der Waals surface area contributed by atoms with Crippen molar-refractivity contribution in [3.05, 3.63) is 44.8 Å². The largest absolute Gasteiger partial charge is 0.325 e. The Labute approximate surface area is 163 Å². The van der Waals surface area contributed by atoms with Gasteiger partial charge in [-0.05, 0) is 29.3 Å². The zero-order valence-electron chi connectivity index (χ0n) is 13.5. The zero-order chi connectivity index (χ0) is 17.2. The van der Waals surface area contributed by atoms with E-state index in [-0.39, 0.29) is 22.6 Å². The Balaban J connectivity index is 1.37. The molecule has 0 aromatic carbocycles. The molecule has 0 spiro atoms. The van der Waals surface area contributed by atoms with Crippen molar-refractivity contribution < 1.29 is 9.59 Å². The Bertz CT molecular complexity index is 670. The third kappa shape index (κ3) is 3.63. The van der Waals surface area contributed by atoms with Gasteiger partial charge in [-0.1, -0.05) is 12.1 Å². The van der Waals surface area contributed by atoms with Crippen LogP contribution in [-0.2, 0) is 9.59 Å². The summed E-state index contributed by atoms with van der Waals surface area (Å²) in [5.41, 5.74) is 0. The Morgan fingerprint density at radius 2 is 1.32 bits per heavy atom. The van der Waals surface area contributed by atoms with Crippen molar-refractivity contribution in [1.82, 2.24) is 9.80 Å². The van der Waals surface area contributed by atoms with E-state index < -0.39 is 0 Å². The van der Waals surface area contributed by atoms with Crippen LogP contribution in [0.5, 0.6) is 0 Å². The third-order valence-electron chi connectivity index (χ3n) is 4.31. The lowest BCUT2D eigenvalue weighted by atomic mass is 10.3. The van der Waals surface area contributed by atoms with Crippen LogP contribution in [0.1, 0.15) is 26.9 Å². The van der Waals surface area contributed by atoms with E-state index in [0.29, 0.717) is 24.6 Å². The van der Waals surface area contributed by atoms with Gasteiger partial charge in [-0.15, -0.1) is 46.2 Å². The first-order valence-corrected chi connectivity index (χ1v) is 12.0. The minimum atomic E-state index is 0.143. The second-order valence-corrected chi connectivity index (χ2v) is 9.98. The molecule has 2 atom stereocenters. The van der Waals surface area contributed by atoms with Crippen molar-refractivity contribution in [2.45, 2.75) is 17.2 Å². The van der Waals surface area contributed by atoms with Crippen molar-refractivity contribution >= 4 is 58.0 Å². The molecular formula is C17H18N2O2S4. The van der Waals surface area contributed by atoms with Gasteiger partial charge >= 0.3 is 0 Å². The highest BCUT2D eigenvalue weighted by atomic mass is 32.2. The number of rotatable bonds is 6. The van der Waals surface area contributed by atoms with Crippen molar-refractivity contribution in [3.8, 4) is 0 Å². The van der Waals surface area contributed by atoms with Gasteiger partial charge in [-0.25, -0.2) is 0 Å². The molecule has 2 aromatic heterocycles. The summed E-state index contributed by atoms with van der Waals surface area (Å²) < 4.78 is 0. The summed E-state index contributed by atoms with van der Waals surface area (Å²) in [6, 6.07) is 8.27. The fourth-order valence-electron chi connectivity index (χ4n) is 3.14. The molecule has 132 valence electrons. The molecule has 0 unspecified atom stereocenters. The molecule has 25 heavy (non-hydrogen) atoms. The number of nitrogens with zero attached hydrogens (tertiary/aromatic N) is 2. The van der Waals surface area contributed by atoms with E-state index in [4.69, 9.17) is 0 Å². The van der Waals surface area contributed by atoms with Gasteiger partial charge in [0.05, 0.1) is 11.5 Å². The molecule has 0 N–H and O–H groups in total. The highest BCUT2D eigenvalue weighted by Crippen LogP contribution is 2.42. The van der Waals surface area contributed by atoms with Crippen molar-refractivity contribution in [2.75, 3.05) is 24.6 Å². The van der Waals surface area contributed by atoms with E-state index in [1.165, 1.54) is 9.75 Å². The molecule has 0 radical (unpaired) electrons. The molecule has 2 saturated heterocycles. The summed E-state index contributed by atoms with van der Waals surface area (Å²) in [5.74, 6) is 1.53. The first-order chi connectivity index (χ1) is 12.2. The van der Waals surface area contributed by atoms with Crippen LogP contribution < -0.4 is 0 Å². The van der Waals surface area contributed by atoms with Crippen molar-refractivity contribution in [1.29, 1.82) is 0 Å². The maximum Gasteiger partial charge on any atom is 0.233 e. The lowest BCUT2D eigenvalue weighted by Crippen LogP contribution is -2.34. The van der Waals surface area contributed by atoms with Crippen LogP contribution in [0.3, 0.4) is 0 Å². The van der Waals surface area contributed by atoms with Gasteiger partial charge in [0.25, 0.3) is 0 Å². The topological polar surface area (TPSA) is 40.6 Å². The summed E-state index contributed by atoms with van der Waals surface area (Å²) in [4.78, 5) is 30.9. The molecule has 4 nitrogen and oxygen atoms in total. The molecule has 8 heteroatoms. The Morgan fingerprint density at radius 3 is 1.72 bits per heavy atom. The molecule has 2 aromatic rings. The van der Waals surface area contributed by atoms with E-state index >= 15 is 0 Å². The van der Waals surface area contributed by atoms with Crippen LogP contribution in [0.25, 0.3) is 0 Å². The first kappa shape index (κ1) is 17.5. The Morgan fingerprint density at radius 1 is 0.840 bits per heavy atom. The SMILES string of the molecule is O=C1CS[C@@H](c2cccs2)N1CCCN1C(=O)CS[C@H]1c1cccs1. The fourth-order valence-corrected chi connectivity index (χ4v) is 7.53. The maximum absolute atomic E-state index is 12.2. The van der Waals surface area contributed by atoms with Gasteiger partial charge in [0.15, 0.2) is 0 Å². The van der Waals surface area contributed by atoms with Crippen LogP contribution in [0.2, 0.25) is 0 Å². The first-order valence-electron chi connectivity index (χ1n) is 8.13. The van der Waals surface area contributed by atoms with Gasteiger partial charge in [0.2, 0.25) is 11.8 Å². The number of carbonyl (C=O) groups is 2. The van der Waals surface area contributed by atoms with E-state index in [2.05, 4.69) is 22.9 Å². The zero-order valence-corrected chi connectivity index (χ0v) is 16.8. The second kappa shape index (κ2) is 7.73. The second-order valence-electron chi connectivity index (χ2n) is 5.89. The molecule has 2 aliphatic heterocycles. The number of hydrogen-bond acceptors (Lipinski definition) is 6. The van der Waals surface area contributed by atoms with Crippen molar-refractivity contribution in [2.24, 2.45) is 0 Å². The average molecular weight is 411 g/mol. The molecule has 2 amide bonds. The fraction of sp³-hybridized carbons (Fsp3) is 0.412. The van der Waals surface area contributed by atoms with Gasteiger partial charge < -0.3 is 9.80 Å². The number of thiophene rings is 2. The van der Waals surface area contributed by atoms with Gasteiger partial charge in [-0.3, -0.25) is 9.59 Å². The summed E-state index contributed by atoms with van der Waals surface area (Å²) >= 11 is 6.81. The number of amides is 2. The summed E-state index contributed by atoms with van der Waals surface area (Å²) in [7, 11) is 0. The normalized spacial score (nSPS) is 23.8. The quantitative estimate of drug-likeness (QED) is 0.720. The molecule has 2 aliphatic rings. The predicted octanol–water partition coefficient (Wildman–Crippen LogP) is 4.05. The Hall–Kier alpha value is -0.960. The highest BCUT2D eigenvalue weighted by molar-refractivity contribution is 8.00. The lowest BCUT2D eigenvalue weighted by molar-refractivity contribution is -0.128. The standard InChI is InChI=1S/C17H18N2O2S4/c20-14-10-24-16(12-4-1-8-22-12)18(14)6-3-7-19-15(21)11-25-17(19)13-5-2-9-23-13/h1-2,4-5,8-9,16-17H,3,6-7,10-11H2/t16-,17-/m0/s1. The van der Waals surface area contributed by atoms with Gasteiger partial charge in [0, 0.05) is 22.8 Å². The minimum Gasteiger partial charge on any atom is -0.325 e. The molecule has 4 heterocycles. The summed E-state index contributed by atoms with van der Waals surface area (Å²) in [6.07, 6.45) is 0.822. The molecule has 0 aliphatic carbocycles. The summed E-state index contributed by atoms with van der Waals surface area (Å²) in [6.45, 7) is 1.42. The van der Waals surface area contributed by atoms with Crippen LogP contribution >= 0.6 is 46.2 Å². The molecule has 0 bridgehead atoms. The number of hydrogen-bond donors (Lipinski definition) is 0. The Kier molecular flexibility index (Phi) is 5.40. The number of carbonyl (C=O) groups excluding carboxylic acids is 2. The van der Waals surface area contributed by atoms with Crippen LogP contribution in [0, 0.1) is 0 Å². The third-order valence-corrected chi connectivity index (χ3v) is 8.93. The van der Waals surface area contributed by atoms with E-state index in [1.807, 2.05) is 21.9 Å². The van der Waals surface area contributed by atoms with E-state index in [1.54, 1.807) is 46.2 Å². The van der Waals surface area contributed by atoms with E-state index in [0.717, 1.165) is 6.42 Å². The monoisotopic (exact) mass is 410 g/mol. The van der Waals surface area contributed by atoms with Gasteiger partial charge in [-0.2, -0.15) is 0 Å². The molecule has 4 rings (SSSR count). The molecule has 2 fully saturated rings. The lowest BCUT2D eigenvalue weighted by Gasteiger charge is -2.26. The number of thioether (sulfide) groups is 2. The van der Waals surface area contributed by atoms with Crippen LogP contribution in [0.15, 0.2) is 35.0 Å². The van der Waals surface area contributed by atoms with Crippen LogP contribution in [0.4, 0.5) is 0 Å². The maximum atomic E-state index is 12.2. The molecule has 0 saturated carbocycles. The minimum absolute atomic E-state index is 0.143. The van der Waals surface area contributed by atoms with Crippen LogP contribution in [-0.4, -0.2) is 46.2 Å². The van der Waals surface area contributed by atoms with E-state index in [9.17, 15) is 9.59 Å². The predicted molar refractivity (Wildman–Crippen MR) is 107 cm³/mol. The molecular weight excluding hydrogens is 392 g/mol. The highest BCUT2D eigenvalue weighted by Gasteiger charge is 2.35. The van der Waals surface area contributed by atoms with Crippen molar-refractivity contribution in [3.63, 3.8) is 0 Å². The summed E-state index contributed by atoms with van der Waals surface area (Å²) in [5, 5.41) is 4.40. The smallest absolute Gasteiger partial charge is 0.233 e. The van der Waals surface area contributed by atoms with Gasteiger partial charge in [0.1, 0.15) is 10.7 Å². The average Bonchev–Trinajstić information content (AvgIpc) is 3.37.